The number of benzene rings is 2. The highest BCUT2D eigenvalue weighted by Gasteiger charge is 2.31. The van der Waals surface area contributed by atoms with Gasteiger partial charge in [0, 0.05) is 23.5 Å². The van der Waals surface area contributed by atoms with Crippen molar-refractivity contribution in [2.75, 3.05) is 0 Å². The van der Waals surface area contributed by atoms with Crippen molar-refractivity contribution < 1.29 is 26.3 Å². The summed E-state index contributed by atoms with van der Waals surface area (Å²) in [5.74, 6) is 5.23. The van der Waals surface area contributed by atoms with Gasteiger partial charge in [0.05, 0.1) is 16.8 Å². The molecule has 7 nitrogen and oxygen atoms in total. The lowest BCUT2D eigenvalue weighted by Gasteiger charge is -2.08. The van der Waals surface area contributed by atoms with E-state index >= 15 is 0 Å². The van der Waals surface area contributed by atoms with Crippen LogP contribution in [0.3, 0.4) is 0 Å². The van der Waals surface area contributed by atoms with Crippen molar-refractivity contribution in [1.82, 2.24) is 35.3 Å². The number of hydrogen-bond donors (Lipinski definition) is 1. The predicted octanol–water partition coefficient (Wildman–Crippen LogP) is 7.15. The molecule has 0 saturated heterocycles. The highest BCUT2D eigenvalue weighted by Crippen LogP contribution is 2.34. The van der Waals surface area contributed by atoms with Crippen molar-refractivity contribution in [1.29, 1.82) is 0 Å². The van der Waals surface area contributed by atoms with E-state index in [1.165, 1.54) is 42.7 Å². The maximum atomic E-state index is 12.8. The van der Waals surface area contributed by atoms with Crippen LogP contribution >= 0.6 is 23.2 Å². The first-order valence-corrected chi connectivity index (χ1v) is 11.9. The van der Waals surface area contributed by atoms with E-state index in [0.717, 1.165) is 24.3 Å². The van der Waals surface area contributed by atoms with Crippen LogP contribution in [0.2, 0.25) is 10.6 Å². The van der Waals surface area contributed by atoms with Crippen molar-refractivity contribution in [3.8, 4) is 34.5 Å². The Morgan fingerprint density at radius 1 is 0.659 bits per heavy atom. The van der Waals surface area contributed by atoms with Crippen LogP contribution in [-0.2, 0) is 12.4 Å². The number of halogens is 8. The average Bonchev–Trinajstić information content (AvgIpc) is 3.42. The normalized spacial score (nSPS) is 11.2. The zero-order valence-corrected chi connectivity index (χ0v) is 21.6. The van der Waals surface area contributed by atoms with Crippen LogP contribution in [0.25, 0.3) is 22.6 Å². The Balaban J connectivity index is 0.000000191. The Morgan fingerprint density at radius 3 is 1.93 bits per heavy atom. The SMILES string of the molecule is FC(F)(F)c1cccc(-c2n[nH]nc2-c2ccnc(Cl)n2)c1.FC(F)(F)c1cccc(C#Cc2ccnc(Cl)n2)c1. The largest absolute Gasteiger partial charge is 0.416 e. The highest BCUT2D eigenvalue weighted by molar-refractivity contribution is 6.28. The Morgan fingerprint density at radius 2 is 1.27 bits per heavy atom. The molecule has 0 aliphatic carbocycles. The van der Waals surface area contributed by atoms with Crippen LogP contribution < -0.4 is 0 Å². The average molecular weight is 608 g/mol. The van der Waals surface area contributed by atoms with Crippen LogP contribution in [0.5, 0.6) is 0 Å². The molecule has 1 N–H and O–H groups in total. The topological polar surface area (TPSA) is 93.1 Å². The van der Waals surface area contributed by atoms with E-state index in [1.807, 2.05) is 0 Å². The molecular formula is C26H13Cl2F6N7. The zero-order valence-electron chi connectivity index (χ0n) is 20.1. The third-order valence-electron chi connectivity index (χ3n) is 5.03. The first-order valence-electron chi connectivity index (χ1n) is 11.2. The minimum Gasteiger partial charge on any atom is -0.226 e. The summed E-state index contributed by atoms with van der Waals surface area (Å²) in [5, 5.41) is 10.3. The third-order valence-corrected chi connectivity index (χ3v) is 5.40. The van der Waals surface area contributed by atoms with Crippen molar-refractivity contribution in [2.45, 2.75) is 12.4 Å². The molecule has 0 amide bonds. The number of H-pyrrole nitrogens is 1. The lowest BCUT2D eigenvalue weighted by Crippen LogP contribution is -2.04. The van der Waals surface area contributed by atoms with Gasteiger partial charge in [0.2, 0.25) is 10.6 Å². The minimum atomic E-state index is -4.43. The molecule has 3 heterocycles. The number of nitrogens with one attached hydrogen (secondary N) is 1. The zero-order chi connectivity index (χ0) is 29.6. The predicted molar refractivity (Wildman–Crippen MR) is 137 cm³/mol. The highest BCUT2D eigenvalue weighted by atomic mass is 35.5. The molecule has 0 spiro atoms. The lowest BCUT2D eigenvalue weighted by atomic mass is 10.1. The van der Waals surface area contributed by atoms with Crippen molar-refractivity contribution in [2.24, 2.45) is 0 Å². The molecular weight excluding hydrogens is 595 g/mol. The van der Waals surface area contributed by atoms with Gasteiger partial charge in [-0.2, -0.15) is 41.8 Å². The van der Waals surface area contributed by atoms with E-state index in [-0.39, 0.29) is 27.4 Å². The molecule has 0 aliphatic rings. The fraction of sp³-hybridized carbons (Fsp3) is 0.0769. The van der Waals surface area contributed by atoms with Gasteiger partial charge in [0.25, 0.3) is 0 Å². The Labute approximate surface area is 237 Å². The molecule has 208 valence electrons. The van der Waals surface area contributed by atoms with Crippen molar-refractivity contribution in [3.05, 3.63) is 106 Å². The molecule has 0 saturated carbocycles. The van der Waals surface area contributed by atoms with Crippen LogP contribution in [0.4, 0.5) is 26.3 Å². The van der Waals surface area contributed by atoms with Gasteiger partial charge in [0.1, 0.15) is 17.1 Å². The smallest absolute Gasteiger partial charge is 0.226 e. The van der Waals surface area contributed by atoms with Crippen LogP contribution in [0.1, 0.15) is 22.4 Å². The van der Waals surface area contributed by atoms with E-state index < -0.39 is 23.5 Å². The Bertz CT molecular complexity index is 1730. The number of aromatic amines is 1. The molecule has 0 radical (unpaired) electrons. The molecule has 0 unspecified atom stereocenters. The summed E-state index contributed by atoms with van der Waals surface area (Å²) in [4.78, 5) is 15.2. The van der Waals surface area contributed by atoms with Crippen LogP contribution in [0, 0.1) is 11.8 Å². The fourth-order valence-corrected chi connectivity index (χ4v) is 3.53. The van der Waals surface area contributed by atoms with Crippen LogP contribution in [-0.4, -0.2) is 35.3 Å². The van der Waals surface area contributed by atoms with E-state index in [4.69, 9.17) is 23.2 Å². The summed E-state index contributed by atoms with van der Waals surface area (Å²) in [7, 11) is 0. The summed E-state index contributed by atoms with van der Waals surface area (Å²) >= 11 is 11.3. The summed E-state index contributed by atoms with van der Waals surface area (Å²) in [6.07, 6.45) is -5.96. The van der Waals surface area contributed by atoms with E-state index in [2.05, 4.69) is 47.2 Å². The molecule has 15 heteroatoms. The molecule has 5 aromatic rings. The number of alkyl halides is 6. The van der Waals surface area contributed by atoms with E-state index in [1.54, 1.807) is 6.07 Å². The number of aromatic nitrogens is 7. The summed E-state index contributed by atoms with van der Waals surface area (Å²) in [6, 6.07) is 12.7. The van der Waals surface area contributed by atoms with Crippen molar-refractivity contribution in [3.63, 3.8) is 0 Å². The van der Waals surface area contributed by atoms with Crippen LogP contribution in [0.15, 0.2) is 73.1 Å². The second-order valence-corrected chi connectivity index (χ2v) is 8.53. The second-order valence-electron chi connectivity index (χ2n) is 7.85. The summed E-state index contributed by atoms with van der Waals surface area (Å²) in [6.45, 7) is 0. The molecule has 0 aliphatic heterocycles. The van der Waals surface area contributed by atoms with Gasteiger partial charge in [-0.05, 0) is 71.6 Å². The lowest BCUT2D eigenvalue weighted by molar-refractivity contribution is -0.138. The molecule has 0 atom stereocenters. The van der Waals surface area contributed by atoms with E-state index in [9.17, 15) is 26.3 Å². The molecule has 41 heavy (non-hydrogen) atoms. The molecule has 2 aromatic carbocycles. The second kappa shape index (κ2) is 12.3. The first-order chi connectivity index (χ1) is 19.4. The molecule has 5 rings (SSSR count). The number of nitrogens with zero attached hydrogens (tertiary/aromatic N) is 6. The van der Waals surface area contributed by atoms with Gasteiger partial charge >= 0.3 is 12.4 Å². The van der Waals surface area contributed by atoms with Gasteiger partial charge in [-0.25, -0.2) is 19.9 Å². The first kappa shape index (κ1) is 29.4. The van der Waals surface area contributed by atoms with Gasteiger partial charge < -0.3 is 0 Å². The standard InChI is InChI=1S/C13H7ClF3N5.C13H6ClF3N2/c14-12-18-5-4-9(19-12)11-10(20-22-21-11)7-2-1-3-8(6-7)13(15,16)17;14-12-18-7-6-11(19-12)5-4-9-2-1-3-10(8-9)13(15,16)17/h1-6H,(H,20,21,22);1-3,6-8H. The minimum absolute atomic E-state index is 0.00972. The number of hydrogen-bond acceptors (Lipinski definition) is 6. The Kier molecular flexibility index (Phi) is 8.85. The number of rotatable bonds is 2. The molecule has 0 fully saturated rings. The molecule has 0 bridgehead atoms. The Hall–Kier alpha value is -4.54. The van der Waals surface area contributed by atoms with Gasteiger partial charge in [-0.3, -0.25) is 0 Å². The maximum Gasteiger partial charge on any atom is 0.416 e. The third kappa shape index (κ3) is 8.00. The quantitative estimate of drug-likeness (QED) is 0.130. The fourth-order valence-electron chi connectivity index (χ4n) is 3.23. The maximum absolute atomic E-state index is 12.8. The van der Waals surface area contributed by atoms with Gasteiger partial charge in [-0.15, -0.1) is 0 Å². The summed E-state index contributed by atoms with van der Waals surface area (Å²) < 4.78 is 75.9. The summed E-state index contributed by atoms with van der Waals surface area (Å²) in [5.41, 5.74) is 0.278. The van der Waals surface area contributed by atoms with E-state index in [0.29, 0.717) is 17.1 Å². The van der Waals surface area contributed by atoms with Gasteiger partial charge in [-0.1, -0.05) is 24.1 Å². The molecule has 3 aromatic heterocycles. The monoisotopic (exact) mass is 607 g/mol. The van der Waals surface area contributed by atoms with Gasteiger partial charge in [0.15, 0.2) is 0 Å². The van der Waals surface area contributed by atoms with Crippen molar-refractivity contribution >= 4 is 23.2 Å².